The number of benzene rings is 2. The number of fused-ring (bicyclic) bond motifs is 3. The number of rotatable bonds is 2. The summed E-state index contributed by atoms with van der Waals surface area (Å²) in [6, 6.07) is 18.5. The molecule has 0 bridgehead atoms. The summed E-state index contributed by atoms with van der Waals surface area (Å²) < 4.78 is 19.3. The molecule has 4 aromatic rings. The quantitative estimate of drug-likeness (QED) is 0.433. The van der Waals surface area contributed by atoms with E-state index < -0.39 is 6.17 Å². The molecular formula is C19H13FOS. The molecule has 2 aromatic carbocycles. The Kier molecular flexibility index (Phi) is 2.50. The van der Waals surface area contributed by atoms with Crippen LogP contribution in [0.3, 0.4) is 0 Å². The van der Waals surface area contributed by atoms with Crippen molar-refractivity contribution in [1.82, 2.24) is 0 Å². The van der Waals surface area contributed by atoms with Gasteiger partial charge in [-0.15, -0.1) is 11.3 Å². The lowest BCUT2D eigenvalue weighted by atomic mass is 10.1. The average Bonchev–Trinajstić information content (AvgIpc) is 2.99. The van der Waals surface area contributed by atoms with Crippen LogP contribution in [-0.4, -0.2) is 6.17 Å². The zero-order chi connectivity index (χ0) is 14.7. The number of furan rings is 1. The number of hydrogen-bond acceptors (Lipinski definition) is 2. The van der Waals surface area contributed by atoms with E-state index in [4.69, 9.17) is 4.42 Å². The molecule has 0 radical (unpaired) electrons. The van der Waals surface area contributed by atoms with E-state index in [1.165, 1.54) is 0 Å². The van der Waals surface area contributed by atoms with Gasteiger partial charge in [0.15, 0.2) is 0 Å². The van der Waals surface area contributed by atoms with Crippen molar-refractivity contribution in [3.05, 3.63) is 59.5 Å². The van der Waals surface area contributed by atoms with Crippen molar-refractivity contribution in [2.24, 2.45) is 0 Å². The molecule has 108 valence electrons. The third-order valence-corrected chi connectivity index (χ3v) is 5.62. The Bertz CT molecular complexity index is 997. The van der Waals surface area contributed by atoms with Crippen LogP contribution in [0.2, 0.25) is 0 Å². The van der Waals surface area contributed by atoms with Crippen LogP contribution in [0, 0.1) is 0 Å². The third kappa shape index (κ3) is 1.75. The lowest BCUT2D eigenvalue weighted by Crippen LogP contribution is -1.74. The van der Waals surface area contributed by atoms with Gasteiger partial charge in [-0.1, -0.05) is 30.3 Å². The van der Waals surface area contributed by atoms with Gasteiger partial charge in [0.2, 0.25) is 0 Å². The van der Waals surface area contributed by atoms with Crippen LogP contribution >= 0.6 is 11.3 Å². The molecular weight excluding hydrogens is 295 g/mol. The van der Waals surface area contributed by atoms with Gasteiger partial charge in [0.1, 0.15) is 17.3 Å². The molecule has 2 aromatic heterocycles. The van der Waals surface area contributed by atoms with Gasteiger partial charge >= 0.3 is 0 Å². The molecule has 0 spiro atoms. The number of alkyl halides is 1. The first-order valence-electron chi connectivity index (χ1n) is 7.46. The largest absolute Gasteiger partial charge is 0.455 e. The average molecular weight is 308 g/mol. The van der Waals surface area contributed by atoms with Crippen LogP contribution in [0.1, 0.15) is 17.2 Å². The second-order valence-corrected chi connectivity index (χ2v) is 6.96. The Morgan fingerprint density at radius 1 is 0.955 bits per heavy atom. The van der Waals surface area contributed by atoms with Crippen molar-refractivity contribution in [2.45, 2.75) is 18.5 Å². The fraction of sp³-hybridized carbons (Fsp3) is 0.158. The molecule has 1 saturated carbocycles. The van der Waals surface area contributed by atoms with E-state index in [0.717, 1.165) is 37.3 Å². The van der Waals surface area contributed by atoms with Crippen LogP contribution < -0.4 is 0 Å². The van der Waals surface area contributed by atoms with Crippen molar-refractivity contribution >= 4 is 33.3 Å². The first kappa shape index (κ1) is 12.4. The van der Waals surface area contributed by atoms with Gasteiger partial charge in [-0.2, -0.15) is 0 Å². The Labute approximate surface area is 131 Å². The van der Waals surface area contributed by atoms with E-state index in [1.807, 2.05) is 18.2 Å². The first-order chi connectivity index (χ1) is 10.8. The van der Waals surface area contributed by atoms with E-state index in [-0.39, 0.29) is 5.92 Å². The molecule has 1 fully saturated rings. The van der Waals surface area contributed by atoms with Crippen LogP contribution in [0.15, 0.2) is 59.0 Å². The maximum absolute atomic E-state index is 13.3. The van der Waals surface area contributed by atoms with E-state index in [0.29, 0.717) is 6.42 Å². The molecule has 2 heterocycles. The number of hydrogen-bond donors (Lipinski definition) is 0. The highest BCUT2D eigenvalue weighted by molar-refractivity contribution is 7.15. The molecule has 0 saturated heterocycles. The molecule has 5 rings (SSSR count). The minimum atomic E-state index is -0.645. The van der Waals surface area contributed by atoms with Gasteiger partial charge in [0.25, 0.3) is 0 Å². The van der Waals surface area contributed by atoms with Gasteiger partial charge in [-0.05, 0) is 30.7 Å². The predicted molar refractivity (Wildman–Crippen MR) is 89.3 cm³/mol. The zero-order valence-electron chi connectivity index (χ0n) is 11.8. The number of halogens is 1. The molecule has 3 heteroatoms. The highest BCUT2D eigenvalue weighted by Crippen LogP contribution is 2.48. The Morgan fingerprint density at radius 3 is 2.64 bits per heavy atom. The summed E-state index contributed by atoms with van der Waals surface area (Å²) in [4.78, 5) is 2.30. The first-order valence-corrected chi connectivity index (χ1v) is 8.27. The number of thiophene rings is 1. The van der Waals surface area contributed by atoms with Gasteiger partial charge < -0.3 is 4.42 Å². The van der Waals surface area contributed by atoms with Gasteiger partial charge in [-0.3, -0.25) is 0 Å². The second-order valence-electron chi connectivity index (χ2n) is 5.84. The summed E-state index contributed by atoms with van der Waals surface area (Å²) in [5.41, 5.74) is 2.93. The minimum absolute atomic E-state index is 0.119. The van der Waals surface area contributed by atoms with Crippen molar-refractivity contribution in [3.8, 4) is 10.4 Å². The Morgan fingerprint density at radius 2 is 1.77 bits per heavy atom. The van der Waals surface area contributed by atoms with Crippen LogP contribution in [0.25, 0.3) is 32.4 Å². The lowest BCUT2D eigenvalue weighted by molar-refractivity contribution is 0.469. The molecule has 0 N–H and O–H groups in total. The van der Waals surface area contributed by atoms with E-state index in [9.17, 15) is 4.39 Å². The van der Waals surface area contributed by atoms with Crippen LogP contribution in [0.4, 0.5) is 4.39 Å². The molecule has 2 atom stereocenters. The molecule has 0 aliphatic heterocycles. The van der Waals surface area contributed by atoms with Crippen molar-refractivity contribution in [1.29, 1.82) is 0 Å². The molecule has 1 nitrogen and oxygen atoms in total. The van der Waals surface area contributed by atoms with E-state index in [1.54, 1.807) is 11.3 Å². The van der Waals surface area contributed by atoms with E-state index >= 15 is 0 Å². The lowest BCUT2D eigenvalue weighted by Gasteiger charge is -1.98. The third-order valence-electron chi connectivity index (χ3n) is 4.37. The fourth-order valence-corrected chi connectivity index (χ4v) is 4.29. The monoisotopic (exact) mass is 308 g/mol. The maximum atomic E-state index is 13.3. The van der Waals surface area contributed by atoms with Crippen molar-refractivity contribution < 1.29 is 8.81 Å². The summed E-state index contributed by atoms with van der Waals surface area (Å²) in [6.07, 6.45) is 0.0305. The maximum Gasteiger partial charge on any atom is 0.144 e. The molecule has 0 amide bonds. The SMILES string of the molecule is FC1CC1c1ccc(-c2cccc3c2oc2ccccc23)s1. The zero-order valence-corrected chi connectivity index (χ0v) is 12.6. The highest BCUT2D eigenvalue weighted by atomic mass is 32.1. The molecule has 1 aliphatic carbocycles. The molecule has 2 unspecified atom stereocenters. The van der Waals surface area contributed by atoms with Crippen LogP contribution in [-0.2, 0) is 0 Å². The van der Waals surface area contributed by atoms with Gasteiger partial charge in [0.05, 0.1) is 0 Å². The van der Waals surface area contributed by atoms with Gasteiger partial charge in [0, 0.05) is 32.0 Å². The minimum Gasteiger partial charge on any atom is -0.455 e. The topological polar surface area (TPSA) is 13.1 Å². The summed E-state index contributed by atoms with van der Waals surface area (Å²) in [5.74, 6) is 0.119. The second kappa shape index (κ2) is 4.43. The standard InChI is InChI=1S/C19H13FOS/c20-15-10-14(15)18-9-8-17(22-18)13-6-3-5-12-11-4-1-2-7-16(11)21-19(12)13/h1-9,14-15H,10H2. The summed E-state index contributed by atoms with van der Waals surface area (Å²) >= 11 is 1.69. The van der Waals surface area contributed by atoms with Crippen LogP contribution in [0.5, 0.6) is 0 Å². The van der Waals surface area contributed by atoms with E-state index in [2.05, 4.69) is 36.4 Å². The summed E-state index contributed by atoms with van der Waals surface area (Å²) in [6.45, 7) is 0. The molecule has 22 heavy (non-hydrogen) atoms. The van der Waals surface area contributed by atoms with Crippen molar-refractivity contribution in [2.75, 3.05) is 0 Å². The normalized spacial score (nSPS) is 20.8. The predicted octanol–water partition coefficient (Wildman–Crippen LogP) is 6.14. The fourth-order valence-electron chi connectivity index (χ4n) is 3.10. The number of para-hydroxylation sites is 2. The highest BCUT2D eigenvalue weighted by Gasteiger charge is 2.39. The molecule has 1 aliphatic rings. The van der Waals surface area contributed by atoms with Gasteiger partial charge in [-0.25, -0.2) is 4.39 Å². The Balaban J connectivity index is 1.72. The Hall–Kier alpha value is -2.13. The summed E-state index contributed by atoms with van der Waals surface area (Å²) in [7, 11) is 0. The van der Waals surface area contributed by atoms with Crippen molar-refractivity contribution in [3.63, 3.8) is 0 Å². The smallest absolute Gasteiger partial charge is 0.144 e. The summed E-state index contributed by atoms with van der Waals surface area (Å²) in [5, 5.41) is 2.28.